The minimum absolute atomic E-state index is 0.00700. The molecule has 1 aromatic carbocycles. The lowest BCUT2D eigenvalue weighted by Crippen LogP contribution is -2.44. The van der Waals surface area contributed by atoms with Gasteiger partial charge >= 0.3 is 6.18 Å². The van der Waals surface area contributed by atoms with Crippen molar-refractivity contribution in [2.45, 2.75) is 50.0 Å². The van der Waals surface area contributed by atoms with Crippen molar-refractivity contribution < 1.29 is 18.0 Å². The third-order valence-electron chi connectivity index (χ3n) is 6.36. The van der Waals surface area contributed by atoms with E-state index >= 15 is 0 Å². The number of carbonyl (C=O) groups is 1. The first-order valence-electron chi connectivity index (χ1n) is 11.6. The number of nitrogens with zero attached hydrogens (tertiary/aromatic N) is 3. The number of alkyl halides is 3. The summed E-state index contributed by atoms with van der Waals surface area (Å²) >= 11 is 7.64. The average molecular weight is 534 g/mol. The van der Waals surface area contributed by atoms with Crippen LogP contribution in [0.25, 0.3) is 10.9 Å². The predicted octanol–water partition coefficient (Wildman–Crippen LogP) is 5.70. The van der Waals surface area contributed by atoms with Gasteiger partial charge in [-0.05, 0) is 62.1 Å². The molecule has 3 heterocycles. The topological polar surface area (TPSA) is 79.3 Å². The molecule has 1 amide bonds. The molecule has 36 heavy (non-hydrogen) atoms. The number of aliphatic imine (C=N–C) groups is 1. The molecule has 188 valence electrons. The van der Waals surface area contributed by atoms with E-state index in [0.717, 1.165) is 29.5 Å². The monoisotopic (exact) mass is 533 g/mol. The number of halogens is 4. The highest BCUT2D eigenvalue weighted by atomic mass is 35.5. The molecule has 5 rings (SSSR count). The summed E-state index contributed by atoms with van der Waals surface area (Å²) in [4.78, 5) is 25.2. The maximum Gasteiger partial charge on any atom is 0.433 e. The van der Waals surface area contributed by atoms with Crippen LogP contribution in [0.3, 0.4) is 0 Å². The number of pyridine rings is 2. The number of carbonyl (C=O) groups excluding carboxylic acids is 1. The Morgan fingerprint density at radius 2 is 1.86 bits per heavy atom. The van der Waals surface area contributed by atoms with E-state index in [9.17, 15) is 18.0 Å². The molecule has 1 atom stereocenters. The highest BCUT2D eigenvalue weighted by Crippen LogP contribution is 2.35. The number of nitrogens with one attached hydrogen (secondary N) is 2. The van der Waals surface area contributed by atoms with E-state index in [4.69, 9.17) is 11.6 Å². The molecule has 1 aliphatic heterocycles. The number of hydrogen-bond donors (Lipinski definition) is 2. The average Bonchev–Trinajstić information content (AvgIpc) is 3.36. The van der Waals surface area contributed by atoms with Gasteiger partial charge in [-0.15, -0.1) is 11.8 Å². The van der Waals surface area contributed by atoms with Crippen LogP contribution in [0.15, 0.2) is 53.8 Å². The third-order valence-corrected chi connectivity index (χ3v) is 7.69. The highest BCUT2D eigenvalue weighted by molar-refractivity contribution is 8.14. The Bertz CT molecular complexity index is 1300. The van der Waals surface area contributed by atoms with Crippen LogP contribution < -0.4 is 10.6 Å². The van der Waals surface area contributed by atoms with Crippen LogP contribution >= 0.6 is 23.4 Å². The van der Waals surface area contributed by atoms with Crippen LogP contribution in [0.4, 0.5) is 18.9 Å². The number of rotatable bonds is 5. The lowest BCUT2D eigenvalue weighted by Gasteiger charge is -2.31. The lowest BCUT2D eigenvalue weighted by molar-refractivity contribution is -0.140. The van der Waals surface area contributed by atoms with Gasteiger partial charge in [0.15, 0.2) is 0 Å². The second-order valence-corrected chi connectivity index (χ2v) is 10.4. The second kappa shape index (κ2) is 10.3. The van der Waals surface area contributed by atoms with E-state index in [0.29, 0.717) is 34.7 Å². The first-order valence-corrected chi connectivity index (χ1v) is 13.0. The zero-order valence-electron chi connectivity index (χ0n) is 19.1. The van der Waals surface area contributed by atoms with E-state index in [-0.39, 0.29) is 23.5 Å². The molecule has 2 aromatic heterocycles. The van der Waals surface area contributed by atoms with Gasteiger partial charge < -0.3 is 10.6 Å². The predicted molar refractivity (Wildman–Crippen MR) is 137 cm³/mol. The third kappa shape index (κ3) is 5.59. The number of hydrogen-bond acceptors (Lipinski definition) is 6. The SMILES string of the molecule is O=C(N[C@H]1CC[C@@H](Nc2cc(C(F)(F)F)nc3ccc(Cl)cc23)CC1)C1CSC(c2cccnc2)=N1. The van der Waals surface area contributed by atoms with Crippen molar-refractivity contribution in [1.82, 2.24) is 15.3 Å². The fourth-order valence-electron chi connectivity index (χ4n) is 4.52. The maximum absolute atomic E-state index is 13.4. The van der Waals surface area contributed by atoms with E-state index in [1.54, 1.807) is 30.2 Å². The van der Waals surface area contributed by atoms with Gasteiger partial charge in [-0.25, -0.2) is 4.98 Å². The second-order valence-electron chi connectivity index (χ2n) is 8.92. The summed E-state index contributed by atoms with van der Waals surface area (Å²) in [5.74, 6) is 0.494. The first-order chi connectivity index (χ1) is 17.3. The van der Waals surface area contributed by atoms with E-state index in [1.165, 1.54) is 12.1 Å². The summed E-state index contributed by atoms with van der Waals surface area (Å²) in [6, 6.07) is 9.00. The van der Waals surface area contributed by atoms with E-state index in [1.807, 2.05) is 12.1 Å². The summed E-state index contributed by atoms with van der Waals surface area (Å²) in [6.07, 6.45) is 1.74. The van der Waals surface area contributed by atoms with Crippen LogP contribution in [0.5, 0.6) is 0 Å². The van der Waals surface area contributed by atoms with Gasteiger partial charge in [0.05, 0.1) is 5.52 Å². The Morgan fingerprint density at radius 1 is 1.08 bits per heavy atom. The van der Waals surface area contributed by atoms with Crippen molar-refractivity contribution in [3.05, 3.63) is 65.1 Å². The summed E-state index contributed by atoms with van der Waals surface area (Å²) in [6.45, 7) is 0. The molecule has 0 saturated heterocycles. The maximum atomic E-state index is 13.4. The molecule has 0 spiro atoms. The van der Waals surface area contributed by atoms with Crippen LogP contribution in [0, 0.1) is 0 Å². The van der Waals surface area contributed by atoms with Crippen LogP contribution in [-0.4, -0.2) is 44.8 Å². The van der Waals surface area contributed by atoms with Gasteiger partial charge in [0.25, 0.3) is 0 Å². The highest BCUT2D eigenvalue weighted by Gasteiger charge is 2.34. The number of anilines is 1. The lowest BCUT2D eigenvalue weighted by atomic mass is 9.90. The zero-order chi connectivity index (χ0) is 25.3. The molecule has 2 aliphatic rings. The van der Waals surface area contributed by atoms with Crippen LogP contribution in [-0.2, 0) is 11.0 Å². The molecule has 2 N–H and O–H groups in total. The molecule has 1 unspecified atom stereocenters. The fourth-order valence-corrected chi connectivity index (χ4v) is 5.72. The van der Waals surface area contributed by atoms with Gasteiger partial charge in [0.1, 0.15) is 16.8 Å². The molecule has 0 radical (unpaired) electrons. The number of fused-ring (bicyclic) bond motifs is 1. The van der Waals surface area contributed by atoms with Crippen molar-refractivity contribution in [1.29, 1.82) is 0 Å². The van der Waals surface area contributed by atoms with E-state index in [2.05, 4.69) is 25.6 Å². The molecular weight excluding hydrogens is 511 g/mol. The zero-order valence-corrected chi connectivity index (χ0v) is 20.6. The van der Waals surface area contributed by atoms with Gasteiger partial charge in [-0.1, -0.05) is 11.6 Å². The number of thioether (sulfide) groups is 1. The van der Waals surface area contributed by atoms with Gasteiger partial charge in [-0.2, -0.15) is 13.2 Å². The smallest absolute Gasteiger partial charge is 0.382 e. The van der Waals surface area contributed by atoms with E-state index < -0.39 is 17.9 Å². The molecule has 11 heteroatoms. The molecule has 1 fully saturated rings. The molecule has 1 aliphatic carbocycles. The summed E-state index contributed by atoms with van der Waals surface area (Å²) < 4.78 is 40.2. The Labute approximate surface area is 215 Å². The first kappa shape index (κ1) is 24.8. The molecule has 1 saturated carbocycles. The summed E-state index contributed by atoms with van der Waals surface area (Å²) in [5, 5.41) is 8.17. The molecular formula is C25H23ClF3N5OS. The number of benzene rings is 1. The molecule has 6 nitrogen and oxygen atoms in total. The number of amides is 1. The largest absolute Gasteiger partial charge is 0.433 e. The Balaban J connectivity index is 1.21. The van der Waals surface area contributed by atoms with Gasteiger partial charge in [-0.3, -0.25) is 14.8 Å². The Hall–Kier alpha value is -2.85. The van der Waals surface area contributed by atoms with Crippen molar-refractivity contribution >= 4 is 50.9 Å². The fraction of sp³-hybridized carbons (Fsp3) is 0.360. The van der Waals surface area contributed by atoms with Crippen LogP contribution in [0.2, 0.25) is 5.02 Å². The van der Waals surface area contributed by atoms with Crippen molar-refractivity contribution in [3.63, 3.8) is 0 Å². The minimum Gasteiger partial charge on any atom is -0.382 e. The standard InChI is InChI=1S/C25H23ClF3N5OS/c26-15-3-8-19-18(10-15)20(11-22(33-19)25(27,28)29)31-16-4-6-17(7-5-16)32-23(35)21-13-36-24(34-21)14-2-1-9-30-12-14/h1-3,8-12,16-17,21H,4-7,13H2,(H,31,33)(H,32,35)/t16-,17+,21?. The minimum atomic E-state index is -4.55. The van der Waals surface area contributed by atoms with Crippen molar-refractivity contribution in [2.75, 3.05) is 11.1 Å². The van der Waals surface area contributed by atoms with Crippen LogP contribution in [0.1, 0.15) is 36.9 Å². The summed E-state index contributed by atoms with van der Waals surface area (Å²) in [5.41, 5.74) is 0.560. The Kier molecular flexibility index (Phi) is 7.07. The number of aromatic nitrogens is 2. The summed E-state index contributed by atoms with van der Waals surface area (Å²) in [7, 11) is 0. The van der Waals surface area contributed by atoms with Gasteiger partial charge in [0.2, 0.25) is 5.91 Å². The van der Waals surface area contributed by atoms with Crippen molar-refractivity contribution in [3.8, 4) is 0 Å². The molecule has 0 bridgehead atoms. The molecule has 3 aromatic rings. The van der Waals surface area contributed by atoms with Gasteiger partial charge in [0, 0.05) is 51.9 Å². The quantitative estimate of drug-likeness (QED) is 0.439. The van der Waals surface area contributed by atoms with Crippen molar-refractivity contribution in [2.24, 2.45) is 4.99 Å². The normalized spacial score (nSPS) is 22.3. The Morgan fingerprint density at radius 3 is 2.58 bits per heavy atom.